The quantitative estimate of drug-likeness (QED) is 0.194. The molecule has 1 aliphatic rings. The molecule has 258 valence electrons. The Morgan fingerprint density at radius 1 is 0.959 bits per heavy atom. The summed E-state index contributed by atoms with van der Waals surface area (Å²) in [6, 6.07) is 31.3. The Morgan fingerprint density at radius 3 is 2.10 bits per heavy atom. The van der Waals surface area contributed by atoms with Crippen molar-refractivity contribution in [1.82, 2.24) is 9.55 Å². The molecule has 1 fully saturated rings. The zero-order chi connectivity index (χ0) is 35.0. The predicted molar refractivity (Wildman–Crippen MR) is 193 cm³/mol. The van der Waals surface area contributed by atoms with Gasteiger partial charge in [-0.2, -0.15) is 4.98 Å². The summed E-state index contributed by atoms with van der Waals surface area (Å²) in [6.45, 7) is 8.50. The lowest BCUT2D eigenvalue weighted by Crippen LogP contribution is -2.66. The maximum atomic E-state index is 13.2. The molecule has 4 aromatic rings. The third-order valence-corrected chi connectivity index (χ3v) is 14.7. The van der Waals surface area contributed by atoms with Crippen LogP contribution in [0, 0.1) is 5.92 Å². The van der Waals surface area contributed by atoms with Crippen LogP contribution in [0.3, 0.4) is 0 Å². The van der Waals surface area contributed by atoms with Crippen molar-refractivity contribution in [3.8, 4) is 0 Å². The van der Waals surface area contributed by atoms with Crippen LogP contribution in [0.25, 0.3) is 0 Å². The van der Waals surface area contributed by atoms with Crippen molar-refractivity contribution in [2.24, 2.45) is 5.92 Å². The molecule has 1 saturated heterocycles. The fourth-order valence-corrected chi connectivity index (χ4v) is 11.8. The molecule has 0 aliphatic carbocycles. The van der Waals surface area contributed by atoms with Gasteiger partial charge in [-0.1, -0.05) is 124 Å². The van der Waals surface area contributed by atoms with E-state index in [2.05, 4.69) is 55.3 Å². The largest absolute Gasteiger partial charge is 0.444 e. The number of carbonyl (C=O) groups excluding carboxylic acids is 2. The molecule has 5 rings (SSSR count). The number of nitrogens with zero attached hydrogens (tertiary/aromatic N) is 2. The van der Waals surface area contributed by atoms with Crippen molar-refractivity contribution in [2.75, 3.05) is 17.7 Å². The van der Waals surface area contributed by atoms with Gasteiger partial charge in [0.1, 0.15) is 18.5 Å². The number of carbonyl (C=O) groups is 2. The number of amides is 1. The zero-order valence-corrected chi connectivity index (χ0v) is 30.0. The number of rotatable bonds is 12. The van der Waals surface area contributed by atoms with Crippen LogP contribution in [0.4, 0.5) is 10.6 Å². The van der Waals surface area contributed by atoms with Gasteiger partial charge in [0, 0.05) is 31.4 Å². The Bertz CT molecular complexity index is 1710. The molecular formula is C37H43N3O7SSi. The molecule has 0 saturated carbocycles. The standard InChI is InChI=1S/C37H43N3O7SSi/c1-26(41)48-25-30-31(21-23-46-49(37(2,3)4,28-16-10-6-11-17-28)29-18-12-7-13-19-29)47-34(33(30)42)40-22-20-32(38-35(40)43)39-36(44)45-24-27-14-8-5-9-15-27/h5-20,22,30-31,33-34,42H,21,23-25H2,1-4H3,(H,38,39,43,44)/t30-,31-,33-,34-/m1/s1. The first kappa shape index (κ1) is 36.2. The molecule has 2 N–H and O–H groups in total. The lowest BCUT2D eigenvalue weighted by atomic mass is 9.98. The summed E-state index contributed by atoms with van der Waals surface area (Å²) < 4.78 is 19.9. The average molecular weight is 702 g/mol. The number of ether oxygens (including phenoxy) is 2. The summed E-state index contributed by atoms with van der Waals surface area (Å²) in [5.74, 6) is -0.142. The van der Waals surface area contributed by atoms with Gasteiger partial charge in [0.2, 0.25) is 0 Å². The number of anilines is 1. The number of hydrogen-bond donors (Lipinski definition) is 2. The molecule has 3 aromatic carbocycles. The molecule has 12 heteroatoms. The van der Waals surface area contributed by atoms with E-state index in [0.29, 0.717) is 18.8 Å². The van der Waals surface area contributed by atoms with Gasteiger partial charge in [-0.25, -0.2) is 9.59 Å². The topological polar surface area (TPSA) is 129 Å². The molecule has 10 nitrogen and oxygen atoms in total. The molecule has 49 heavy (non-hydrogen) atoms. The highest BCUT2D eigenvalue weighted by molar-refractivity contribution is 8.13. The predicted octanol–water partition coefficient (Wildman–Crippen LogP) is 5.11. The third-order valence-electron chi connectivity index (χ3n) is 8.69. The lowest BCUT2D eigenvalue weighted by Gasteiger charge is -2.43. The van der Waals surface area contributed by atoms with E-state index in [-0.39, 0.29) is 22.6 Å². The summed E-state index contributed by atoms with van der Waals surface area (Å²) in [6.07, 6.45) is -1.56. The van der Waals surface area contributed by atoms with Crippen molar-refractivity contribution >= 4 is 47.5 Å². The molecule has 2 heterocycles. The van der Waals surface area contributed by atoms with E-state index in [9.17, 15) is 19.5 Å². The molecule has 1 aromatic heterocycles. The molecule has 0 spiro atoms. The van der Waals surface area contributed by atoms with Gasteiger partial charge < -0.3 is 19.0 Å². The smallest absolute Gasteiger partial charge is 0.413 e. The second kappa shape index (κ2) is 16.1. The SMILES string of the molecule is CC(=O)SC[C@H]1[C@@H](O)[C@H](n2ccc(NC(=O)OCc3ccccc3)nc2=O)O[C@@H]1CCO[Si](c1ccccc1)(c1ccccc1)C(C)(C)C. The first-order valence-corrected chi connectivity index (χ1v) is 19.2. The molecular weight excluding hydrogens is 659 g/mol. The number of aromatic nitrogens is 2. The average Bonchev–Trinajstić information content (AvgIpc) is 3.39. The highest BCUT2D eigenvalue weighted by Gasteiger charge is 2.51. The van der Waals surface area contributed by atoms with E-state index in [1.807, 2.05) is 66.7 Å². The molecule has 4 atom stereocenters. The fourth-order valence-electron chi connectivity index (χ4n) is 6.35. The van der Waals surface area contributed by atoms with Gasteiger partial charge in [0.05, 0.1) is 6.10 Å². The second-order valence-corrected chi connectivity index (χ2v) is 18.5. The fraction of sp³-hybridized carbons (Fsp3) is 0.351. The Morgan fingerprint density at radius 2 is 1.55 bits per heavy atom. The lowest BCUT2D eigenvalue weighted by molar-refractivity contribution is -0.109. The second-order valence-electron chi connectivity index (χ2n) is 13.0. The van der Waals surface area contributed by atoms with E-state index < -0.39 is 44.5 Å². The Labute approximate surface area is 292 Å². The minimum atomic E-state index is -2.82. The normalized spacial score (nSPS) is 19.4. The summed E-state index contributed by atoms with van der Waals surface area (Å²) in [4.78, 5) is 41.4. The van der Waals surface area contributed by atoms with Crippen molar-refractivity contribution in [3.05, 3.63) is 119 Å². The van der Waals surface area contributed by atoms with Crippen LogP contribution >= 0.6 is 11.8 Å². The summed E-state index contributed by atoms with van der Waals surface area (Å²) in [5, 5.41) is 16.0. The van der Waals surface area contributed by atoms with E-state index in [0.717, 1.165) is 27.7 Å². The van der Waals surface area contributed by atoms with Gasteiger partial charge in [0.15, 0.2) is 11.3 Å². The van der Waals surface area contributed by atoms with Crippen molar-refractivity contribution in [1.29, 1.82) is 0 Å². The summed E-state index contributed by atoms with van der Waals surface area (Å²) >= 11 is 1.11. The third kappa shape index (κ3) is 8.57. The monoisotopic (exact) mass is 701 g/mol. The first-order chi connectivity index (χ1) is 23.5. The molecule has 0 bridgehead atoms. The maximum absolute atomic E-state index is 13.2. The van der Waals surface area contributed by atoms with E-state index >= 15 is 0 Å². The van der Waals surface area contributed by atoms with Crippen LogP contribution in [0.15, 0.2) is 108 Å². The number of aliphatic hydroxyl groups is 1. The highest BCUT2D eigenvalue weighted by Crippen LogP contribution is 2.39. The molecule has 1 aliphatic heterocycles. The van der Waals surface area contributed by atoms with Gasteiger partial charge in [0.25, 0.3) is 8.32 Å². The van der Waals surface area contributed by atoms with Crippen molar-refractivity contribution in [2.45, 2.75) is 64.2 Å². The Kier molecular flexibility index (Phi) is 11.9. The number of hydrogen-bond acceptors (Lipinski definition) is 9. The minimum Gasteiger partial charge on any atom is -0.444 e. The summed E-state index contributed by atoms with van der Waals surface area (Å²) in [7, 11) is -2.82. The molecule has 0 radical (unpaired) electrons. The number of aliphatic hydroxyl groups excluding tert-OH is 1. The molecule has 1 amide bonds. The van der Waals surface area contributed by atoms with Crippen molar-refractivity contribution in [3.63, 3.8) is 0 Å². The minimum absolute atomic E-state index is 0.00531. The van der Waals surface area contributed by atoms with Crippen LogP contribution in [-0.2, 0) is 25.3 Å². The first-order valence-electron chi connectivity index (χ1n) is 16.3. The Hall–Kier alpha value is -4.07. The zero-order valence-electron chi connectivity index (χ0n) is 28.2. The van der Waals surface area contributed by atoms with Crippen LogP contribution in [0.2, 0.25) is 5.04 Å². The highest BCUT2D eigenvalue weighted by atomic mass is 32.2. The Balaban J connectivity index is 1.33. The van der Waals surface area contributed by atoms with E-state index in [1.54, 1.807) is 0 Å². The van der Waals surface area contributed by atoms with Crippen LogP contribution in [0.5, 0.6) is 0 Å². The summed E-state index contributed by atoms with van der Waals surface area (Å²) in [5.41, 5.74) is 0.101. The van der Waals surface area contributed by atoms with Gasteiger partial charge in [-0.05, 0) is 33.5 Å². The van der Waals surface area contributed by atoms with Crippen molar-refractivity contribution < 1.29 is 28.6 Å². The van der Waals surface area contributed by atoms with Gasteiger partial charge >= 0.3 is 11.8 Å². The van der Waals surface area contributed by atoms with Gasteiger partial charge in [-0.15, -0.1) is 0 Å². The number of thioether (sulfide) groups is 1. The van der Waals surface area contributed by atoms with Crippen LogP contribution in [0.1, 0.15) is 45.9 Å². The molecule has 0 unspecified atom stereocenters. The van der Waals surface area contributed by atoms with Crippen LogP contribution < -0.4 is 21.4 Å². The van der Waals surface area contributed by atoms with Gasteiger partial charge in [-0.3, -0.25) is 14.7 Å². The van der Waals surface area contributed by atoms with Crippen LogP contribution in [-0.4, -0.2) is 58.8 Å². The number of benzene rings is 3. The van der Waals surface area contributed by atoms with E-state index in [1.165, 1.54) is 23.8 Å². The number of nitrogens with one attached hydrogen (secondary N) is 1. The van der Waals surface area contributed by atoms with E-state index in [4.69, 9.17) is 13.9 Å². The maximum Gasteiger partial charge on any atom is 0.413 e.